The summed E-state index contributed by atoms with van der Waals surface area (Å²) >= 11 is 0. The number of hydrogen-bond donors (Lipinski definition) is 2. The van der Waals surface area contributed by atoms with Crippen molar-refractivity contribution < 1.29 is 14.6 Å². The maximum Gasteiger partial charge on any atom is 0.244 e. The third-order valence-electron chi connectivity index (χ3n) is 3.39. The summed E-state index contributed by atoms with van der Waals surface area (Å²) in [6, 6.07) is 5.95. The van der Waals surface area contributed by atoms with Crippen molar-refractivity contribution in [3.8, 4) is 5.75 Å². The highest BCUT2D eigenvalue weighted by Gasteiger charge is 2.11. The molecule has 1 heterocycles. The second-order valence-electron chi connectivity index (χ2n) is 5.16. The van der Waals surface area contributed by atoms with Crippen LogP contribution in [-0.4, -0.2) is 30.8 Å². The number of benzene rings is 1. The molecule has 20 heavy (non-hydrogen) atoms. The number of nitrogens with one attached hydrogen (secondary N) is 1. The minimum atomic E-state index is -0.105. The van der Waals surface area contributed by atoms with E-state index in [9.17, 15) is 4.79 Å². The van der Waals surface area contributed by atoms with Crippen LogP contribution >= 0.6 is 0 Å². The summed E-state index contributed by atoms with van der Waals surface area (Å²) < 4.78 is 5.44. The van der Waals surface area contributed by atoms with Gasteiger partial charge in [-0.25, -0.2) is 0 Å². The number of rotatable bonds is 6. The molecule has 0 bridgehead atoms. The second kappa shape index (κ2) is 7.10. The van der Waals surface area contributed by atoms with Gasteiger partial charge in [0.25, 0.3) is 0 Å². The fourth-order valence-corrected chi connectivity index (χ4v) is 2.14. The minimum Gasteiger partial charge on any atom is -0.493 e. The first-order chi connectivity index (χ1) is 9.69. The van der Waals surface area contributed by atoms with Crippen molar-refractivity contribution in [1.29, 1.82) is 0 Å². The lowest BCUT2D eigenvalue weighted by molar-refractivity contribution is -0.116. The topological polar surface area (TPSA) is 58.6 Å². The minimum absolute atomic E-state index is 0.105. The molecule has 1 atom stereocenters. The van der Waals surface area contributed by atoms with Gasteiger partial charge in [0.15, 0.2) is 0 Å². The molecule has 1 aliphatic rings. The van der Waals surface area contributed by atoms with Gasteiger partial charge in [-0.05, 0) is 41.7 Å². The third-order valence-corrected chi connectivity index (χ3v) is 3.39. The van der Waals surface area contributed by atoms with Gasteiger partial charge in [-0.3, -0.25) is 4.79 Å². The molecule has 1 aromatic rings. The van der Waals surface area contributed by atoms with E-state index in [1.165, 1.54) is 5.56 Å². The number of ether oxygens (including phenoxy) is 1. The zero-order valence-electron chi connectivity index (χ0n) is 11.8. The van der Waals surface area contributed by atoms with Crippen LogP contribution in [0.4, 0.5) is 0 Å². The number of fused-ring (bicyclic) bond motifs is 1. The number of hydrogen-bond acceptors (Lipinski definition) is 3. The summed E-state index contributed by atoms with van der Waals surface area (Å²) in [4.78, 5) is 11.7. The van der Waals surface area contributed by atoms with Crippen molar-refractivity contribution in [2.45, 2.75) is 19.8 Å². The molecule has 4 heteroatoms. The number of carbonyl (C=O) groups excluding carboxylic acids is 1. The summed E-state index contributed by atoms with van der Waals surface area (Å²) in [5.74, 6) is 1.13. The molecule has 0 aromatic heterocycles. The fraction of sp³-hybridized carbons (Fsp3) is 0.438. The lowest BCUT2D eigenvalue weighted by Crippen LogP contribution is -2.26. The van der Waals surface area contributed by atoms with Crippen molar-refractivity contribution >= 4 is 12.0 Å². The molecule has 1 aromatic carbocycles. The highest BCUT2D eigenvalue weighted by atomic mass is 16.5. The molecule has 4 nitrogen and oxygen atoms in total. The molecule has 0 fully saturated rings. The molecular formula is C16H21NO3. The van der Waals surface area contributed by atoms with E-state index in [1.54, 1.807) is 6.08 Å². The van der Waals surface area contributed by atoms with Gasteiger partial charge in [-0.1, -0.05) is 13.0 Å². The Balaban J connectivity index is 1.84. The van der Waals surface area contributed by atoms with Crippen molar-refractivity contribution in [3.63, 3.8) is 0 Å². The van der Waals surface area contributed by atoms with Crippen LogP contribution in [0.5, 0.6) is 5.75 Å². The predicted octanol–water partition coefficient (Wildman–Crippen LogP) is 1.77. The maximum atomic E-state index is 11.7. The smallest absolute Gasteiger partial charge is 0.244 e. The van der Waals surface area contributed by atoms with Gasteiger partial charge in [-0.15, -0.1) is 0 Å². The van der Waals surface area contributed by atoms with Crippen molar-refractivity contribution in [2.24, 2.45) is 5.92 Å². The molecule has 0 aliphatic carbocycles. The molecule has 108 valence electrons. The Bertz CT molecular complexity index is 496. The summed E-state index contributed by atoms with van der Waals surface area (Å²) in [6.45, 7) is 3.48. The van der Waals surface area contributed by atoms with E-state index in [0.717, 1.165) is 24.3 Å². The molecule has 0 radical (unpaired) electrons. The maximum absolute atomic E-state index is 11.7. The van der Waals surface area contributed by atoms with Crippen LogP contribution in [0, 0.1) is 5.92 Å². The molecule has 1 amide bonds. The molecule has 1 unspecified atom stereocenters. The average molecular weight is 275 g/mol. The van der Waals surface area contributed by atoms with Crippen LogP contribution in [0.3, 0.4) is 0 Å². The van der Waals surface area contributed by atoms with Gasteiger partial charge >= 0.3 is 0 Å². The van der Waals surface area contributed by atoms with E-state index in [2.05, 4.69) is 11.4 Å². The van der Waals surface area contributed by atoms with Gasteiger partial charge in [0.2, 0.25) is 5.91 Å². The Hall–Kier alpha value is -1.81. The number of aliphatic hydroxyl groups excluding tert-OH is 1. The molecule has 0 saturated heterocycles. The lowest BCUT2D eigenvalue weighted by Gasteiger charge is -2.09. The predicted molar refractivity (Wildman–Crippen MR) is 78.6 cm³/mol. The summed E-state index contributed by atoms with van der Waals surface area (Å²) in [5, 5.41) is 11.6. The van der Waals surface area contributed by atoms with Crippen LogP contribution in [-0.2, 0) is 11.2 Å². The van der Waals surface area contributed by atoms with Crippen LogP contribution < -0.4 is 10.1 Å². The first kappa shape index (κ1) is 14.6. The highest BCUT2D eigenvalue weighted by molar-refractivity contribution is 5.91. The fourth-order valence-electron chi connectivity index (χ4n) is 2.14. The van der Waals surface area contributed by atoms with E-state index in [0.29, 0.717) is 13.0 Å². The van der Waals surface area contributed by atoms with E-state index in [4.69, 9.17) is 9.84 Å². The summed E-state index contributed by atoms with van der Waals surface area (Å²) in [6.07, 6.45) is 4.99. The summed E-state index contributed by atoms with van der Waals surface area (Å²) in [5.41, 5.74) is 2.21. The number of amides is 1. The quantitative estimate of drug-likeness (QED) is 0.778. The zero-order chi connectivity index (χ0) is 14.4. The van der Waals surface area contributed by atoms with Gasteiger partial charge in [0.05, 0.1) is 6.61 Å². The van der Waals surface area contributed by atoms with Crippen LogP contribution in [0.15, 0.2) is 24.3 Å². The van der Waals surface area contributed by atoms with Gasteiger partial charge < -0.3 is 15.2 Å². The monoisotopic (exact) mass is 275 g/mol. The molecule has 0 saturated carbocycles. The Morgan fingerprint density at radius 2 is 2.40 bits per heavy atom. The normalized spacial score (nSPS) is 14.9. The number of carbonyl (C=O) groups is 1. The Morgan fingerprint density at radius 1 is 1.55 bits per heavy atom. The Labute approximate surface area is 119 Å². The Kier molecular flexibility index (Phi) is 5.18. The van der Waals surface area contributed by atoms with E-state index in [-0.39, 0.29) is 18.4 Å². The molecular weight excluding hydrogens is 254 g/mol. The van der Waals surface area contributed by atoms with Gasteiger partial charge in [-0.2, -0.15) is 0 Å². The first-order valence-corrected chi connectivity index (χ1v) is 7.01. The largest absolute Gasteiger partial charge is 0.493 e. The number of aliphatic hydroxyl groups is 1. The highest BCUT2D eigenvalue weighted by Crippen LogP contribution is 2.26. The van der Waals surface area contributed by atoms with Crippen molar-refractivity contribution in [3.05, 3.63) is 35.4 Å². The van der Waals surface area contributed by atoms with Crippen molar-refractivity contribution in [2.75, 3.05) is 19.8 Å². The molecule has 0 spiro atoms. The SMILES string of the molecule is CC(CCO)CNC(=O)C=Cc1ccc2c(c1)CCO2. The Morgan fingerprint density at radius 3 is 3.20 bits per heavy atom. The summed E-state index contributed by atoms with van der Waals surface area (Å²) in [7, 11) is 0. The van der Waals surface area contributed by atoms with Crippen LogP contribution in [0.2, 0.25) is 0 Å². The zero-order valence-corrected chi connectivity index (χ0v) is 11.8. The van der Waals surface area contributed by atoms with Crippen LogP contribution in [0.25, 0.3) is 6.08 Å². The van der Waals surface area contributed by atoms with Gasteiger partial charge in [0, 0.05) is 25.6 Å². The van der Waals surface area contributed by atoms with E-state index in [1.807, 2.05) is 25.1 Å². The standard InChI is InChI=1S/C16H21NO3/c1-12(6-8-18)11-17-16(19)5-3-13-2-4-15-14(10-13)7-9-20-15/h2-5,10,12,18H,6-9,11H2,1H3,(H,17,19). The van der Waals surface area contributed by atoms with Crippen LogP contribution in [0.1, 0.15) is 24.5 Å². The lowest BCUT2D eigenvalue weighted by atomic mass is 10.1. The first-order valence-electron chi connectivity index (χ1n) is 7.01. The van der Waals surface area contributed by atoms with Gasteiger partial charge in [0.1, 0.15) is 5.75 Å². The average Bonchev–Trinajstić information content (AvgIpc) is 2.90. The molecule has 2 N–H and O–H groups in total. The molecule has 2 rings (SSSR count). The van der Waals surface area contributed by atoms with E-state index < -0.39 is 0 Å². The third kappa shape index (κ3) is 4.10. The molecule has 1 aliphatic heterocycles. The second-order valence-corrected chi connectivity index (χ2v) is 5.16. The van der Waals surface area contributed by atoms with Crippen molar-refractivity contribution in [1.82, 2.24) is 5.32 Å². The van der Waals surface area contributed by atoms with E-state index >= 15 is 0 Å².